The third-order valence-corrected chi connectivity index (χ3v) is 19.4. The number of amides is 8. The van der Waals surface area contributed by atoms with E-state index >= 15 is 0 Å². The van der Waals surface area contributed by atoms with E-state index in [1.807, 2.05) is 78.9 Å². The molecular weight excluding hydrogens is 1430 g/mol. The molecule has 8 aromatic carbocycles. The molecule has 2 heterocycles. The molecule has 0 saturated heterocycles. The molecule has 0 aliphatic rings. The van der Waals surface area contributed by atoms with Gasteiger partial charge >= 0.3 is 11.9 Å². The number of aromatic carboxylic acids is 2. The van der Waals surface area contributed by atoms with Crippen LogP contribution in [0.1, 0.15) is 87.2 Å². The lowest BCUT2D eigenvalue weighted by Gasteiger charge is -2.29. The Labute approximate surface area is 637 Å². The average Bonchev–Trinajstić information content (AvgIpc) is 1.52. The van der Waals surface area contributed by atoms with Crippen molar-refractivity contribution in [1.29, 1.82) is 0 Å². The summed E-state index contributed by atoms with van der Waals surface area (Å²) in [5.74, 6) is -10.3. The van der Waals surface area contributed by atoms with Gasteiger partial charge in [-0.25, -0.2) is 9.59 Å². The Morgan fingerprint density at radius 1 is 0.440 bits per heavy atom. The molecule has 0 aliphatic carbocycles. The summed E-state index contributed by atoms with van der Waals surface area (Å²) in [7, 11) is 0. The van der Waals surface area contributed by atoms with Crippen molar-refractivity contribution >= 4 is 128 Å². The molecule has 570 valence electrons. The number of rotatable bonds is 34. The number of hydrogen-bond donors (Lipinski definition) is 19. The highest BCUT2D eigenvalue weighted by Crippen LogP contribution is 2.39. The molecule has 109 heavy (non-hydrogen) atoms. The van der Waals surface area contributed by atoms with E-state index in [-0.39, 0.29) is 73.5 Å². The minimum absolute atomic E-state index is 0.0396. The van der Waals surface area contributed by atoms with Crippen LogP contribution < -0.4 is 54.4 Å². The second-order valence-electron chi connectivity index (χ2n) is 26.7. The van der Waals surface area contributed by atoms with Crippen molar-refractivity contribution in [3.8, 4) is 17.2 Å². The molecule has 0 aliphatic heterocycles. The maximum absolute atomic E-state index is 14.8. The summed E-state index contributed by atoms with van der Waals surface area (Å²) in [6.45, 7) is 3.64. The fourth-order valence-corrected chi connectivity index (χ4v) is 13.3. The second kappa shape index (κ2) is 38.1. The number of carbonyl (C=O) groups excluding carboxylic acids is 8. The molecule has 0 radical (unpaired) electrons. The Hall–Kier alpha value is -11.9. The molecule has 0 bridgehead atoms. The Bertz CT molecular complexity index is 4860. The number of nitrogens with two attached hydrogens (primary N) is 3. The zero-order chi connectivity index (χ0) is 78.6. The summed E-state index contributed by atoms with van der Waals surface area (Å²) in [5, 5.41) is 73.5. The van der Waals surface area contributed by atoms with E-state index in [4.69, 9.17) is 17.2 Å². The predicted molar refractivity (Wildman–Crippen MR) is 420 cm³/mol. The van der Waals surface area contributed by atoms with Crippen molar-refractivity contribution in [2.45, 2.75) is 114 Å². The van der Waals surface area contributed by atoms with Crippen LogP contribution >= 0.6 is 25.3 Å². The largest absolute Gasteiger partial charge is 0.508 e. The van der Waals surface area contributed by atoms with Gasteiger partial charge in [0, 0.05) is 82.5 Å². The molecule has 27 nitrogen and oxygen atoms in total. The summed E-state index contributed by atoms with van der Waals surface area (Å²) in [4.78, 5) is 141. The van der Waals surface area contributed by atoms with Gasteiger partial charge in [-0.3, -0.25) is 38.4 Å². The monoisotopic (exact) mass is 1520 g/mol. The number of nitrogens with one attached hydrogen (secondary N) is 9. The molecule has 0 spiro atoms. The maximum Gasteiger partial charge on any atom is 0.339 e. The van der Waals surface area contributed by atoms with Gasteiger partial charge in [-0.1, -0.05) is 141 Å². The van der Waals surface area contributed by atoms with E-state index in [2.05, 4.69) is 72.4 Å². The lowest BCUT2D eigenvalue weighted by Crippen LogP contribution is -2.61. The summed E-state index contributed by atoms with van der Waals surface area (Å²) in [5.41, 5.74) is 22.2. The molecule has 8 atom stereocenters. The fourth-order valence-electron chi connectivity index (χ4n) is 12.8. The van der Waals surface area contributed by atoms with Crippen LogP contribution in [0.25, 0.3) is 43.4 Å². The van der Waals surface area contributed by atoms with Crippen LogP contribution in [0.2, 0.25) is 0 Å². The van der Waals surface area contributed by atoms with E-state index in [1.54, 1.807) is 86.9 Å². The van der Waals surface area contributed by atoms with Gasteiger partial charge in [-0.2, -0.15) is 25.3 Å². The summed E-state index contributed by atoms with van der Waals surface area (Å²) in [6, 6.07) is 36.6. The molecule has 0 fully saturated rings. The second-order valence-corrected chi connectivity index (χ2v) is 27.4. The van der Waals surface area contributed by atoms with Crippen LogP contribution in [0.3, 0.4) is 0 Å². The van der Waals surface area contributed by atoms with E-state index in [1.165, 1.54) is 24.3 Å². The van der Waals surface area contributed by atoms with Gasteiger partial charge in [0.1, 0.15) is 70.7 Å². The predicted octanol–water partition coefficient (Wildman–Crippen LogP) is 5.87. The number of phenolic OH excluding ortho intramolecular Hbond substituents is 1. The number of primary amides is 1. The number of hydrogen-bond acceptors (Lipinski definition) is 17. The summed E-state index contributed by atoms with van der Waals surface area (Å²) in [6.07, 6.45) is 4.31. The number of para-hydroxylation sites is 2. The molecule has 8 amide bonds. The average molecular weight is 1520 g/mol. The smallest absolute Gasteiger partial charge is 0.339 e. The van der Waals surface area contributed by atoms with Crippen LogP contribution in [-0.2, 0) is 70.5 Å². The number of carboxylic acids is 2. The van der Waals surface area contributed by atoms with E-state index in [0.29, 0.717) is 56.6 Å². The summed E-state index contributed by atoms with van der Waals surface area (Å²) >= 11 is 8.65. The number of aromatic hydroxyl groups is 3. The molecule has 20 N–H and O–H groups in total. The first-order valence-electron chi connectivity index (χ1n) is 35.2. The van der Waals surface area contributed by atoms with Crippen LogP contribution in [0.4, 0.5) is 0 Å². The zero-order valence-corrected chi connectivity index (χ0v) is 61.5. The van der Waals surface area contributed by atoms with Gasteiger partial charge in [-0.15, -0.1) is 0 Å². The number of carbonyl (C=O) groups is 10. The zero-order valence-electron chi connectivity index (χ0n) is 59.7. The fraction of sp³-hybridized carbons (Fsp3) is 0.275. The normalized spacial score (nSPS) is 13.5. The third-order valence-electron chi connectivity index (χ3n) is 18.7. The van der Waals surface area contributed by atoms with Crippen molar-refractivity contribution in [1.82, 2.24) is 47.2 Å². The molecular formula is C80H88N12O15S2. The number of fused-ring (bicyclic) bond motifs is 4. The molecule has 10 aromatic rings. The van der Waals surface area contributed by atoms with Crippen LogP contribution in [0.15, 0.2) is 176 Å². The quantitative estimate of drug-likeness (QED) is 0.0166. The highest BCUT2D eigenvalue weighted by atomic mass is 32.1. The number of aromatic amines is 2. The first kappa shape index (κ1) is 81.2. The van der Waals surface area contributed by atoms with Gasteiger partial charge < -0.3 is 89.9 Å². The number of H-pyrrole nitrogens is 2. The van der Waals surface area contributed by atoms with Crippen molar-refractivity contribution in [3.05, 3.63) is 221 Å². The number of phenols is 3. The number of aromatic nitrogens is 2. The highest BCUT2D eigenvalue weighted by molar-refractivity contribution is 7.80. The number of unbranched alkanes of at least 4 members (excludes halogenated alkanes) is 1. The van der Waals surface area contributed by atoms with E-state index in [0.717, 1.165) is 32.9 Å². The van der Waals surface area contributed by atoms with Gasteiger partial charge in [0.15, 0.2) is 0 Å². The number of carboxylic acid groups (broad SMARTS) is 2. The first-order chi connectivity index (χ1) is 52.3. The van der Waals surface area contributed by atoms with Crippen molar-refractivity contribution < 1.29 is 73.5 Å². The number of thiol groups is 2. The minimum Gasteiger partial charge on any atom is -0.508 e. The lowest BCUT2D eigenvalue weighted by molar-refractivity contribution is -0.136. The topological polar surface area (TPSA) is 466 Å². The molecule has 0 unspecified atom stereocenters. The standard InChI is InChI=1S/C57H72N12O9S2.C23H16O6/c1-32(2)49(57(78)68-48(31-80)55(76)64-44(50(60)71)26-35-28-61-41-16-8-6-14-38(35)41)69-52(73)43(18-10-11-23-58)63-54(75)46(27-36-29-62-42-17-9-7-15-39(36)42)66-53(74)45(25-34-19-21-37(70)22-20-34)65-56(77)47(30-79)67-51(72)40(59)24-33-12-4-3-5-13-33;24-20-16(14-7-3-1-5-12(14)9-18(20)22(26)27)11-17-15-8-4-2-6-13(15)10-19(21(17)25)23(28)29/h3-9,12-17,19-22,28-29,32,40,43-49,61-62,70,79-80H,10-11,18,23-27,30-31,58-59H2,1-2H3,(H2,60,71)(H,63,75)(H,64,76)(H,65,77)(H,66,74)(H,67,72)(H,68,78)(H,69,73);1-10,24-25H,11H2,(H,26,27)(H,28,29)/t40-,43+,44-,45+,46+,47+,48+,49+;/m1./s1. The maximum atomic E-state index is 14.8. The van der Waals surface area contributed by atoms with Gasteiger partial charge in [0.25, 0.3) is 0 Å². The highest BCUT2D eigenvalue weighted by Gasteiger charge is 2.36. The molecule has 0 saturated carbocycles. The van der Waals surface area contributed by atoms with Crippen LogP contribution in [-0.4, -0.2) is 161 Å². The molecule has 29 heteroatoms. The SMILES string of the molecule is CC(C)[C@H](NC(=O)[C@H](CCCCN)NC(=O)[C@H](Cc1c[nH]c2ccccc12)NC(=O)[C@H](Cc1ccc(O)cc1)NC(=O)[C@H](CS)NC(=O)[C@H](N)Cc1ccccc1)C(=O)N[C@@H](CS)C(=O)N[C@H](Cc1c[nH]c2ccccc12)C(N)=O.O=C(O)c1cc2ccccc2c(Cc2c(O)c(C(=O)O)cc3ccccc23)c1O. The third kappa shape index (κ3) is 21.0. The first-order valence-corrected chi connectivity index (χ1v) is 36.5. The van der Waals surface area contributed by atoms with Gasteiger partial charge in [0.2, 0.25) is 47.3 Å². The summed E-state index contributed by atoms with van der Waals surface area (Å²) < 4.78 is 0. The Balaban J connectivity index is 0.000000390. The Morgan fingerprint density at radius 2 is 0.844 bits per heavy atom. The number of benzene rings is 8. The van der Waals surface area contributed by atoms with Gasteiger partial charge in [0.05, 0.1) is 6.04 Å². The van der Waals surface area contributed by atoms with Crippen LogP contribution in [0, 0.1) is 5.92 Å². The Kier molecular flexibility index (Phi) is 28.3. The van der Waals surface area contributed by atoms with Crippen molar-refractivity contribution in [2.75, 3.05) is 18.1 Å². The van der Waals surface area contributed by atoms with Crippen molar-refractivity contribution in [2.24, 2.45) is 23.1 Å². The van der Waals surface area contributed by atoms with Crippen molar-refractivity contribution in [3.63, 3.8) is 0 Å². The Morgan fingerprint density at radius 3 is 1.32 bits per heavy atom. The van der Waals surface area contributed by atoms with E-state index in [9.17, 15) is 73.5 Å². The van der Waals surface area contributed by atoms with E-state index < -0.39 is 125 Å². The molecule has 2 aromatic heterocycles. The minimum atomic E-state index is -1.39. The van der Waals surface area contributed by atoms with Gasteiger partial charge in [-0.05, 0) is 118 Å². The molecule has 10 rings (SSSR count). The van der Waals surface area contributed by atoms with Crippen LogP contribution in [0.5, 0.6) is 17.2 Å². The lowest BCUT2D eigenvalue weighted by atomic mass is 9.90.